The minimum absolute atomic E-state index is 0.0405. The number of piperazine rings is 1. The Hall–Kier alpha value is -2.89. The summed E-state index contributed by atoms with van der Waals surface area (Å²) < 4.78 is 0. The van der Waals surface area contributed by atoms with E-state index in [-0.39, 0.29) is 39.6 Å². The highest BCUT2D eigenvalue weighted by atomic mass is 35.5. The van der Waals surface area contributed by atoms with Gasteiger partial charge < -0.3 is 26.6 Å². The van der Waals surface area contributed by atoms with E-state index in [1.807, 2.05) is 11.8 Å². The summed E-state index contributed by atoms with van der Waals surface area (Å²) in [5.41, 5.74) is 12.4. The topological polar surface area (TPSA) is 147 Å². The van der Waals surface area contributed by atoms with Crippen molar-refractivity contribution in [2.75, 3.05) is 55.6 Å². The minimum atomic E-state index is -0.392. The Morgan fingerprint density at radius 3 is 2.41 bits per heavy atom. The first-order valence-electron chi connectivity index (χ1n) is 12.6. The number of likely N-dealkylation sites (tertiary alicyclic amines) is 1. The van der Waals surface area contributed by atoms with Gasteiger partial charge >= 0.3 is 0 Å². The number of nitrogens with two attached hydrogens (primary N) is 2. The fourth-order valence-electron chi connectivity index (χ4n) is 5.14. The molecule has 0 radical (unpaired) electrons. The predicted octanol–water partition coefficient (Wildman–Crippen LogP) is 2.30. The lowest BCUT2D eigenvalue weighted by Crippen LogP contribution is -2.58. The zero-order valence-electron chi connectivity index (χ0n) is 21.1. The van der Waals surface area contributed by atoms with E-state index >= 15 is 0 Å². The molecule has 2 saturated heterocycles. The molecule has 1 atom stereocenters. The molecule has 2 aliphatic rings. The van der Waals surface area contributed by atoms with Crippen LogP contribution in [0.2, 0.25) is 10.3 Å². The third-order valence-corrected chi connectivity index (χ3v) is 7.52. The van der Waals surface area contributed by atoms with Crippen molar-refractivity contribution < 1.29 is 9.59 Å². The van der Waals surface area contributed by atoms with E-state index in [0.717, 1.165) is 32.4 Å². The lowest BCUT2D eigenvalue weighted by Gasteiger charge is -2.47. The van der Waals surface area contributed by atoms with Crippen LogP contribution >= 0.6 is 23.2 Å². The average molecular weight is 550 g/mol. The summed E-state index contributed by atoms with van der Waals surface area (Å²) in [6, 6.07) is 3.86. The van der Waals surface area contributed by atoms with Crippen molar-refractivity contribution in [1.29, 1.82) is 0 Å². The van der Waals surface area contributed by atoms with Gasteiger partial charge in [-0.15, -0.1) is 0 Å². The van der Waals surface area contributed by atoms with Gasteiger partial charge in [0.1, 0.15) is 11.0 Å². The van der Waals surface area contributed by atoms with Gasteiger partial charge in [-0.05, 0) is 38.3 Å². The summed E-state index contributed by atoms with van der Waals surface area (Å²) >= 11 is 12.3. The zero-order valence-corrected chi connectivity index (χ0v) is 22.6. The molecule has 0 aromatic carbocycles. The summed E-state index contributed by atoms with van der Waals surface area (Å²) in [5.74, 6) is 0.216. The number of hydrogen-bond donors (Lipinski definition) is 3. The lowest BCUT2D eigenvalue weighted by molar-refractivity contribution is 0.0491. The van der Waals surface area contributed by atoms with Crippen LogP contribution in [-0.2, 0) is 0 Å². The molecule has 2 amide bonds. The number of nitrogen functional groups attached to an aromatic ring is 2. The molecule has 2 aliphatic heterocycles. The van der Waals surface area contributed by atoms with Crippen molar-refractivity contribution in [3.8, 4) is 0 Å². The van der Waals surface area contributed by atoms with Crippen LogP contribution in [0.15, 0.2) is 12.1 Å². The summed E-state index contributed by atoms with van der Waals surface area (Å²) in [6.07, 6.45) is 2.69. The molecule has 2 aromatic rings. The number of rotatable bonds is 6. The summed E-state index contributed by atoms with van der Waals surface area (Å²) in [5, 5.41) is 3.11. The molecule has 37 heavy (non-hydrogen) atoms. The predicted molar refractivity (Wildman–Crippen MR) is 145 cm³/mol. The first kappa shape index (κ1) is 27.2. The third kappa shape index (κ3) is 5.83. The van der Waals surface area contributed by atoms with Gasteiger partial charge in [-0.3, -0.25) is 14.5 Å². The Kier molecular flexibility index (Phi) is 8.56. The highest BCUT2D eigenvalue weighted by Crippen LogP contribution is 2.30. The Balaban J connectivity index is 1.39. The van der Waals surface area contributed by atoms with Crippen molar-refractivity contribution in [2.24, 2.45) is 0 Å². The molecule has 0 bridgehead atoms. The maximum Gasteiger partial charge on any atom is 0.273 e. The molecule has 4 rings (SSSR count). The fourth-order valence-corrected chi connectivity index (χ4v) is 5.54. The van der Waals surface area contributed by atoms with Crippen molar-refractivity contribution >= 4 is 52.5 Å². The van der Waals surface area contributed by atoms with Crippen molar-refractivity contribution in [2.45, 2.75) is 45.2 Å². The standard InChI is InChI=1S/C24H33Cl2N9O2/c1-3-14-13-34(22-19(26)31-18(21(28)32-22)23(36)29-4-2)11-12-35(14)15-7-9-33(10-8-15)24(37)16-5-6-17(25)30-20(16)27/h5-6,14-15H,3-4,7-13H2,1-2H3,(H2,27,30)(H2,28,32)(H,29,36)/t14-/m0/s1. The number of aromatic nitrogens is 3. The molecule has 0 unspecified atom stereocenters. The van der Waals surface area contributed by atoms with Gasteiger partial charge in [0.25, 0.3) is 11.8 Å². The van der Waals surface area contributed by atoms with E-state index < -0.39 is 5.91 Å². The molecule has 5 N–H and O–H groups in total. The Morgan fingerprint density at radius 1 is 1.03 bits per heavy atom. The lowest BCUT2D eigenvalue weighted by atomic mass is 9.97. The number of pyridine rings is 1. The van der Waals surface area contributed by atoms with Crippen molar-refractivity contribution in [1.82, 2.24) is 30.1 Å². The highest BCUT2D eigenvalue weighted by Gasteiger charge is 2.35. The van der Waals surface area contributed by atoms with E-state index in [2.05, 4.69) is 37.0 Å². The van der Waals surface area contributed by atoms with E-state index in [9.17, 15) is 9.59 Å². The molecular formula is C24H33Cl2N9O2. The van der Waals surface area contributed by atoms with Crippen LogP contribution in [0.25, 0.3) is 0 Å². The Labute approximate surface area is 226 Å². The second kappa shape index (κ2) is 11.7. The van der Waals surface area contributed by atoms with Gasteiger partial charge in [-0.1, -0.05) is 30.1 Å². The largest absolute Gasteiger partial charge is 0.383 e. The molecule has 4 heterocycles. The van der Waals surface area contributed by atoms with Gasteiger partial charge in [-0.2, -0.15) is 0 Å². The molecule has 13 heteroatoms. The monoisotopic (exact) mass is 549 g/mol. The van der Waals surface area contributed by atoms with E-state index in [1.54, 1.807) is 12.1 Å². The van der Waals surface area contributed by atoms with Crippen LogP contribution in [0.3, 0.4) is 0 Å². The molecule has 2 fully saturated rings. The van der Waals surface area contributed by atoms with Crippen molar-refractivity contribution in [3.05, 3.63) is 33.7 Å². The molecule has 200 valence electrons. The molecule has 2 aromatic heterocycles. The number of hydrogen-bond acceptors (Lipinski definition) is 9. The number of halogens is 2. The molecule has 0 aliphatic carbocycles. The summed E-state index contributed by atoms with van der Waals surface area (Å²) in [7, 11) is 0. The maximum absolute atomic E-state index is 13.0. The minimum Gasteiger partial charge on any atom is -0.383 e. The fraction of sp³-hybridized carbons (Fsp3) is 0.542. The second-order valence-electron chi connectivity index (χ2n) is 9.27. The Morgan fingerprint density at radius 2 is 1.76 bits per heavy atom. The van der Waals surface area contributed by atoms with Crippen LogP contribution < -0.4 is 21.7 Å². The first-order valence-corrected chi connectivity index (χ1v) is 13.3. The molecule has 0 saturated carbocycles. The van der Waals surface area contributed by atoms with Gasteiger partial charge in [0.2, 0.25) is 0 Å². The SMILES string of the molecule is CCNC(=O)c1nc(Cl)c(N2CCN(C3CCN(C(=O)c4ccc(Cl)nc4N)CC3)[C@@H](CC)C2)nc1N. The number of carbonyl (C=O) groups is 2. The molecular weight excluding hydrogens is 517 g/mol. The zero-order chi connectivity index (χ0) is 26.7. The van der Waals surface area contributed by atoms with Gasteiger partial charge in [0, 0.05) is 51.4 Å². The van der Waals surface area contributed by atoms with E-state index in [1.165, 1.54) is 0 Å². The highest BCUT2D eigenvalue weighted by molar-refractivity contribution is 6.32. The van der Waals surface area contributed by atoms with Crippen LogP contribution in [0.4, 0.5) is 17.5 Å². The normalized spacial score (nSPS) is 19.2. The second-order valence-corrected chi connectivity index (χ2v) is 10.0. The van der Waals surface area contributed by atoms with Crippen LogP contribution in [0.5, 0.6) is 0 Å². The summed E-state index contributed by atoms with van der Waals surface area (Å²) in [4.78, 5) is 44.3. The number of nitrogens with one attached hydrogen (secondary N) is 1. The van der Waals surface area contributed by atoms with E-state index in [0.29, 0.717) is 43.6 Å². The number of carbonyl (C=O) groups excluding carboxylic acids is 2. The first-order chi connectivity index (χ1) is 17.7. The van der Waals surface area contributed by atoms with Crippen LogP contribution in [0, 0.1) is 0 Å². The molecule has 0 spiro atoms. The number of piperidine rings is 1. The van der Waals surface area contributed by atoms with Gasteiger partial charge in [0.05, 0.1) is 5.56 Å². The van der Waals surface area contributed by atoms with Crippen molar-refractivity contribution in [3.63, 3.8) is 0 Å². The van der Waals surface area contributed by atoms with Crippen LogP contribution in [-0.4, -0.2) is 87.9 Å². The molecule has 11 nitrogen and oxygen atoms in total. The number of amides is 2. The maximum atomic E-state index is 13.0. The average Bonchev–Trinajstić information content (AvgIpc) is 2.89. The summed E-state index contributed by atoms with van der Waals surface area (Å²) in [6.45, 7) is 7.98. The van der Waals surface area contributed by atoms with Gasteiger partial charge in [0.15, 0.2) is 22.5 Å². The quantitative estimate of drug-likeness (QED) is 0.461. The third-order valence-electron chi connectivity index (χ3n) is 7.06. The van der Waals surface area contributed by atoms with E-state index in [4.69, 9.17) is 34.7 Å². The smallest absolute Gasteiger partial charge is 0.273 e. The van der Waals surface area contributed by atoms with Crippen LogP contribution in [0.1, 0.15) is 54.0 Å². The number of anilines is 3. The van der Waals surface area contributed by atoms with Gasteiger partial charge in [-0.25, -0.2) is 15.0 Å². The Bertz CT molecular complexity index is 1160. The number of nitrogens with zero attached hydrogens (tertiary/aromatic N) is 6.